The van der Waals surface area contributed by atoms with Crippen LogP contribution in [0.1, 0.15) is 22.7 Å². The van der Waals surface area contributed by atoms with Gasteiger partial charge in [-0.05, 0) is 19.8 Å². The number of rotatable bonds is 3. The first-order valence-corrected chi connectivity index (χ1v) is 8.93. The van der Waals surface area contributed by atoms with Crippen molar-refractivity contribution in [2.75, 3.05) is 13.1 Å². The van der Waals surface area contributed by atoms with E-state index < -0.39 is 0 Å². The van der Waals surface area contributed by atoms with Gasteiger partial charge in [-0.1, -0.05) is 30.3 Å². The number of nitrogens with zero attached hydrogens (tertiary/aromatic N) is 3. The van der Waals surface area contributed by atoms with Gasteiger partial charge in [-0.3, -0.25) is 0 Å². The number of aromatic nitrogens is 1. The van der Waals surface area contributed by atoms with Gasteiger partial charge in [-0.25, -0.2) is 9.78 Å². The average Bonchev–Trinajstić information content (AvgIpc) is 3.01. The van der Waals surface area contributed by atoms with Gasteiger partial charge in [0, 0.05) is 29.4 Å². The average molecular weight is 340 g/mol. The van der Waals surface area contributed by atoms with Gasteiger partial charge < -0.3 is 10.2 Å². The van der Waals surface area contributed by atoms with Crippen molar-refractivity contribution < 1.29 is 4.79 Å². The van der Waals surface area contributed by atoms with E-state index in [9.17, 15) is 4.79 Å². The van der Waals surface area contributed by atoms with Gasteiger partial charge in [0.2, 0.25) is 0 Å². The van der Waals surface area contributed by atoms with Crippen LogP contribution in [0.25, 0.3) is 11.3 Å². The van der Waals surface area contributed by atoms with Gasteiger partial charge in [0.05, 0.1) is 18.3 Å². The second kappa shape index (κ2) is 7.45. The first-order chi connectivity index (χ1) is 11.7. The first kappa shape index (κ1) is 16.5. The molecule has 0 radical (unpaired) electrons. The quantitative estimate of drug-likeness (QED) is 0.929. The molecule has 24 heavy (non-hydrogen) atoms. The summed E-state index contributed by atoms with van der Waals surface area (Å²) >= 11 is 1.61. The summed E-state index contributed by atoms with van der Waals surface area (Å²) < 4.78 is 0. The lowest BCUT2D eigenvalue weighted by atomic mass is 9.99. The second-order valence-corrected chi connectivity index (χ2v) is 7.22. The number of likely N-dealkylation sites (tertiary alicyclic amines) is 1. The zero-order valence-electron chi connectivity index (χ0n) is 13.7. The van der Waals surface area contributed by atoms with E-state index in [0.717, 1.165) is 34.0 Å². The van der Waals surface area contributed by atoms with Crippen molar-refractivity contribution in [1.82, 2.24) is 15.2 Å². The summed E-state index contributed by atoms with van der Waals surface area (Å²) in [7, 11) is 0. The summed E-state index contributed by atoms with van der Waals surface area (Å²) in [5, 5.41) is 12.8. The minimum Gasteiger partial charge on any atom is -0.331 e. The van der Waals surface area contributed by atoms with Crippen molar-refractivity contribution in [2.45, 2.75) is 26.3 Å². The molecule has 2 aromatic rings. The zero-order valence-corrected chi connectivity index (χ0v) is 14.5. The third kappa shape index (κ3) is 3.74. The maximum Gasteiger partial charge on any atom is 0.317 e. The smallest absolute Gasteiger partial charge is 0.317 e. The molecule has 0 aliphatic carbocycles. The fourth-order valence-corrected chi connectivity index (χ4v) is 3.76. The lowest BCUT2D eigenvalue weighted by molar-refractivity contribution is 0.178. The Bertz CT molecular complexity index is 742. The van der Waals surface area contributed by atoms with E-state index in [4.69, 9.17) is 5.26 Å². The number of thiazole rings is 1. The Morgan fingerprint density at radius 2 is 2.08 bits per heavy atom. The lowest BCUT2D eigenvalue weighted by Gasteiger charge is -2.29. The fraction of sp³-hybridized carbons (Fsp3) is 0.389. The van der Waals surface area contributed by atoms with E-state index in [0.29, 0.717) is 19.6 Å². The predicted molar refractivity (Wildman–Crippen MR) is 94.4 cm³/mol. The van der Waals surface area contributed by atoms with Crippen molar-refractivity contribution in [3.05, 3.63) is 40.2 Å². The Morgan fingerprint density at radius 1 is 1.38 bits per heavy atom. The summed E-state index contributed by atoms with van der Waals surface area (Å²) in [6, 6.07) is 12.3. The highest BCUT2D eigenvalue weighted by atomic mass is 32.1. The predicted octanol–water partition coefficient (Wildman–Crippen LogP) is 3.56. The van der Waals surface area contributed by atoms with Gasteiger partial charge in [0.15, 0.2) is 0 Å². The molecule has 6 heteroatoms. The molecule has 2 heterocycles. The summed E-state index contributed by atoms with van der Waals surface area (Å²) in [5.74, 6) is 0.0871. The molecule has 1 aliphatic heterocycles. The minimum absolute atomic E-state index is 0.0690. The molecular formula is C18H20N4OS. The zero-order chi connectivity index (χ0) is 16.9. The number of piperidine rings is 1. The maximum absolute atomic E-state index is 12.2. The van der Waals surface area contributed by atoms with Crippen molar-refractivity contribution in [1.29, 1.82) is 5.26 Å². The molecule has 3 rings (SSSR count). The van der Waals surface area contributed by atoms with E-state index in [2.05, 4.69) is 23.3 Å². The van der Waals surface area contributed by atoms with E-state index in [-0.39, 0.29) is 11.9 Å². The molecule has 124 valence electrons. The standard InChI is InChI=1S/C18H20N4OS/c1-13-17(15-5-3-2-4-6-15)21-16(24-13)12-20-18(23)22-9-7-14(11-19)8-10-22/h2-6,14H,7-10,12H2,1H3,(H,20,23). The summed E-state index contributed by atoms with van der Waals surface area (Å²) in [6.45, 7) is 3.79. The van der Waals surface area contributed by atoms with E-state index in [1.165, 1.54) is 0 Å². The number of aryl methyl sites for hydroxylation is 1. The topological polar surface area (TPSA) is 69.0 Å². The number of nitrogens with one attached hydrogen (secondary N) is 1. The highest BCUT2D eigenvalue weighted by molar-refractivity contribution is 7.12. The van der Waals surface area contributed by atoms with Gasteiger partial charge in [-0.15, -0.1) is 11.3 Å². The lowest BCUT2D eigenvalue weighted by Crippen LogP contribution is -2.44. The minimum atomic E-state index is -0.0690. The van der Waals surface area contributed by atoms with Crippen LogP contribution in [0.4, 0.5) is 4.79 Å². The molecule has 5 nitrogen and oxygen atoms in total. The maximum atomic E-state index is 12.2. The van der Waals surface area contributed by atoms with Crippen molar-refractivity contribution in [3.8, 4) is 17.3 Å². The molecule has 0 bridgehead atoms. The summed E-state index contributed by atoms with van der Waals surface area (Å²) in [6.07, 6.45) is 1.52. The van der Waals surface area contributed by atoms with E-state index >= 15 is 0 Å². The number of carbonyl (C=O) groups is 1. The first-order valence-electron chi connectivity index (χ1n) is 8.11. The van der Waals surface area contributed by atoms with Crippen LogP contribution in [0.15, 0.2) is 30.3 Å². The molecular weight excluding hydrogens is 320 g/mol. The molecule has 0 atom stereocenters. The van der Waals surface area contributed by atoms with Crippen LogP contribution in [0, 0.1) is 24.2 Å². The molecule has 1 aliphatic rings. The van der Waals surface area contributed by atoms with Crippen LogP contribution in [0.2, 0.25) is 0 Å². The number of nitriles is 1. The van der Waals surface area contributed by atoms with E-state index in [1.807, 2.05) is 30.3 Å². The van der Waals surface area contributed by atoms with Crippen molar-refractivity contribution >= 4 is 17.4 Å². The number of amides is 2. The van der Waals surface area contributed by atoms with Gasteiger partial charge >= 0.3 is 6.03 Å². The molecule has 0 saturated carbocycles. The van der Waals surface area contributed by atoms with Gasteiger partial charge in [0.1, 0.15) is 5.01 Å². The normalized spacial score (nSPS) is 15.1. The number of carbonyl (C=O) groups excluding carboxylic acids is 1. The van der Waals surface area contributed by atoms with Crippen LogP contribution < -0.4 is 5.32 Å². The van der Waals surface area contributed by atoms with E-state index in [1.54, 1.807) is 16.2 Å². The van der Waals surface area contributed by atoms with Gasteiger partial charge in [-0.2, -0.15) is 5.26 Å². The van der Waals surface area contributed by atoms with Crippen LogP contribution >= 0.6 is 11.3 Å². The Hall–Kier alpha value is -2.39. The Balaban J connectivity index is 1.58. The largest absolute Gasteiger partial charge is 0.331 e. The Morgan fingerprint density at radius 3 is 2.75 bits per heavy atom. The Labute approximate surface area is 145 Å². The summed E-state index contributed by atoms with van der Waals surface area (Å²) in [5.41, 5.74) is 2.09. The molecule has 2 amide bonds. The van der Waals surface area contributed by atoms with Crippen LogP contribution in [0.5, 0.6) is 0 Å². The highest BCUT2D eigenvalue weighted by Gasteiger charge is 2.22. The number of hydrogen-bond donors (Lipinski definition) is 1. The number of benzene rings is 1. The van der Waals surface area contributed by atoms with Crippen molar-refractivity contribution in [3.63, 3.8) is 0 Å². The van der Waals surface area contributed by atoms with Crippen LogP contribution in [0.3, 0.4) is 0 Å². The number of hydrogen-bond acceptors (Lipinski definition) is 4. The third-order valence-corrected chi connectivity index (χ3v) is 5.21. The molecule has 0 unspecified atom stereocenters. The molecule has 1 aromatic carbocycles. The fourth-order valence-electron chi connectivity index (χ4n) is 2.87. The SMILES string of the molecule is Cc1sc(CNC(=O)N2CCC(C#N)CC2)nc1-c1ccccc1. The Kier molecular flexibility index (Phi) is 5.11. The second-order valence-electron chi connectivity index (χ2n) is 5.93. The monoisotopic (exact) mass is 340 g/mol. The van der Waals surface area contributed by atoms with Crippen LogP contribution in [-0.4, -0.2) is 29.0 Å². The molecule has 1 aromatic heterocycles. The van der Waals surface area contributed by atoms with Gasteiger partial charge in [0.25, 0.3) is 0 Å². The number of urea groups is 1. The molecule has 0 spiro atoms. The van der Waals surface area contributed by atoms with Crippen molar-refractivity contribution in [2.24, 2.45) is 5.92 Å². The molecule has 1 fully saturated rings. The highest BCUT2D eigenvalue weighted by Crippen LogP contribution is 2.27. The third-order valence-electron chi connectivity index (χ3n) is 4.24. The molecule has 1 saturated heterocycles. The molecule has 1 N–H and O–H groups in total. The summed E-state index contributed by atoms with van der Waals surface area (Å²) in [4.78, 5) is 19.8. The van der Waals surface area contributed by atoms with Crippen LogP contribution in [-0.2, 0) is 6.54 Å².